The highest BCUT2D eigenvalue weighted by Gasteiger charge is 2.35. The second kappa shape index (κ2) is 11.7. The van der Waals surface area contributed by atoms with Gasteiger partial charge in [-0.15, -0.1) is 0 Å². The third kappa shape index (κ3) is 6.46. The third-order valence-corrected chi connectivity index (χ3v) is 7.55. The maximum absolute atomic E-state index is 12.9. The maximum atomic E-state index is 12.9. The monoisotopic (exact) mass is 559 g/mol. The van der Waals surface area contributed by atoms with E-state index in [4.69, 9.17) is 25.3 Å². The number of nitrogens with zero attached hydrogens (tertiary/aromatic N) is 1. The van der Waals surface area contributed by atoms with Crippen LogP contribution in [0.1, 0.15) is 12.5 Å². The van der Waals surface area contributed by atoms with E-state index in [1.54, 1.807) is 61.5 Å². The van der Waals surface area contributed by atoms with Crippen LogP contribution in [0.25, 0.3) is 6.08 Å². The Morgan fingerprint density at radius 1 is 0.919 bits per heavy atom. The smallest absolute Gasteiger partial charge is 0.339 e. The van der Waals surface area contributed by atoms with Crippen LogP contribution in [0.4, 0.5) is 4.79 Å². The summed E-state index contributed by atoms with van der Waals surface area (Å²) in [7, 11) is -4.07. The van der Waals surface area contributed by atoms with Crippen molar-refractivity contribution in [2.24, 2.45) is 0 Å². The Hall–Kier alpha value is -3.47. The molecule has 3 aromatic rings. The zero-order valence-corrected chi connectivity index (χ0v) is 22.0. The molecule has 37 heavy (non-hydrogen) atoms. The summed E-state index contributed by atoms with van der Waals surface area (Å²) in [5, 5.41) is 0.0172. The maximum Gasteiger partial charge on any atom is 0.339 e. The van der Waals surface area contributed by atoms with Crippen molar-refractivity contribution in [1.29, 1.82) is 0 Å². The standard InChI is InChI=1S/C26H22ClNO7S2/c1-2-33-23-16-18(12-13-22(23)35-37(31,32)19-8-4-3-5-9-19)17-24-25(29)28(26(30)36-24)14-15-34-21-11-7-6-10-20(21)27/h3-13,16-17H,2,14-15H2,1H3/b24-17-. The molecular weight excluding hydrogens is 538 g/mol. The van der Waals surface area contributed by atoms with Crippen LogP contribution in [-0.2, 0) is 14.9 Å². The van der Waals surface area contributed by atoms with Gasteiger partial charge in [0.1, 0.15) is 17.3 Å². The summed E-state index contributed by atoms with van der Waals surface area (Å²) >= 11 is 6.87. The van der Waals surface area contributed by atoms with Crippen LogP contribution in [0, 0.1) is 0 Å². The molecule has 0 bridgehead atoms. The first kappa shape index (κ1) is 26.6. The fraction of sp³-hybridized carbons (Fsp3) is 0.154. The molecule has 0 spiro atoms. The summed E-state index contributed by atoms with van der Waals surface area (Å²) in [4.78, 5) is 26.6. The average Bonchev–Trinajstić information content (AvgIpc) is 3.14. The summed E-state index contributed by atoms with van der Waals surface area (Å²) in [5.41, 5.74) is 0.533. The van der Waals surface area contributed by atoms with Gasteiger partial charge in [-0.05, 0) is 66.7 Å². The molecule has 4 rings (SSSR count). The molecule has 0 radical (unpaired) electrons. The van der Waals surface area contributed by atoms with Crippen molar-refractivity contribution in [3.63, 3.8) is 0 Å². The van der Waals surface area contributed by atoms with Crippen LogP contribution < -0.4 is 13.7 Å². The number of imide groups is 1. The van der Waals surface area contributed by atoms with E-state index in [-0.39, 0.29) is 41.1 Å². The number of carbonyl (C=O) groups is 2. The van der Waals surface area contributed by atoms with Gasteiger partial charge < -0.3 is 13.7 Å². The summed E-state index contributed by atoms with van der Waals surface area (Å²) in [5.74, 6) is 0.199. The SMILES string of the molecule is CCOc1cc(/C=C2\SC(=O)N(CCOc3ccccc3Cl)C2=O)ccc1OS(=O)(=O)c1ccccc1. The predicted octanol–water partition coefficient (Wildman–Crippen LogP) is 5.62. The molecule has 0 unspecified atom stereocenters. The minimum absolute atomic E-state index is 0.00711. The fourth-order valence-corrected chi connectivity index (χ4v) is 5.37. The van der Waals surface area contributed by atoms with Crippen molar-refractivity contribution < 1.29 is 31.7 Å². The van der Waals surface area contributed by atoms with E-state index in [1.807, 2.05) is 0 Å². The van der Waals surface area contributed by atoms with Crippen LogP contribution in [0.5, 0.6) is 17.2 Å². The fourth-order valence-electron chi connectivity index (χ4n) is 3.36. The van der Waals surface area contributed by atoms with Gasteiger partial charge in [0.2, 0.25) is 0 Å². The molecule has 192 valence electrons. The van der Waals surface area contributed by atoms with E-state index in [9.17, 15) is 18.0 Å². The number of carbonyl (C=O) groups excluding carboxylic acids is 2. The first-order valence-corrected chi connectivity index (χ1v) is 13.8. The highest BCUT2D eigenvalue weighted by Crippen LogP contribution is 2.35. The highest BCUT2D eigenvalue weighted by molar-refractivity contribution is 8.18. The molecule has 2 amide bonds. The zero-order chi connectivity index (χ0) is 26.4. The van der Waals surface area contributed by atoms with E-state index in [0.29, 0.717) is 16.3 Å². The third-order valence-electron chi connectivity index (χ3n) is 5.08. The molecule has 0 aliphatic carbocycles. The van der Waals surface area contributed by atoms with Gasteiger partial charge in [0.15, 0.2) is 11.5 Å². The number of ether oxygens (including phenoxy) is 2. The Balaban J connectivity index is 1.48. The molecule has 1 fully saturated rings. The Labute approximate surface area is 223 Å². The summed E-state index contributed by atoms with van der Waals surface area (Å²) in [6.45, 7) is 2.15. The quantitative estimate of drug-likeness (QED) is 0.233. The lowest BCUT2D eigenvalue weighted by Gasteiger charge is -2.14. The second-order valence-electron chi connectivity index (χ2n) is 7.60. The normalized spacial score (nSPS) is 14.8. The van der Waals surface area contributed by atoms with E-state index >= 15 is 0 Å². The molecule has 0 N–H and O–H groups in total. The van der Waals surface area contributed by atoms with Gasteiger partial charge in [0, 0.05) is 0 Å². The molecule has 3 aromatic carbocycles. The van der Waals surface area contributed by atoms with Gasteiger partial charge in [-0.2, -0.15) is 8.42 Å². The Bertz CT molecular complexity index is 1440. The van der Waals surface area contributed by atoms with Gasteiger partial charge in [0.25, 0.3) is 11.1 Å². The number of halogens is 1. The van der Waals surface area contributed by atoms with Crippen molar-refractivity contribution in [2.75, 3.05) is 19.8 Å². The molecule has 1 aliphatic rings. The number of benzene rings is 3. The number of para-hydroxylation sites is 1. The van der Waals surface area contributed by atoms with Gasteiger partial charge in [-0.3, -0.25) is 14.5 Å². The van der Waals surface area contributed by atoms with Gasteiger partial charge in [0.05, 0.1) is 23.1 Å². The molecule has 1 saturated heterocycles. The molecule has 11 heteroatoms. The van der Waals surface area contributed by atoms with E-state index < -0.39 is 21.3 Å². The van der Waals surface area contributed by atoms with E-state index in [0.717, 1.165) is 16.7 Å². The van der Waals surface area contributed by atoms with Gasteiger partial charge >= 0.3 is 10.1 Å². The van der Waals surface area contributed by atoms with Crippen LogP contribution in [0.3, 0.4) is 0 Å². The van der Waals surface area contributed by atoms with Crippen molar-refractivity contribution in [3.05, 3.63) is 88.3 Å². The Morgan fingerprint density at radius 2 is 1.65 bits per heavy atom. The van der Waals surface area contributed by atoms with Crippen molar-refractivity contribution >= 4 is 50.7 Å². The molecule has 8 nitrogen and oxygen atoms in total. The van der Waals surface area contributed by atoms with Crippen LogP contribution in [-0.4, -0.2) is 44.2 Å². The largest absolute Gasteiger partial charge is 0.490 e. The predicted molar refractivity (Wildman–Crippen MR) is 141 cm³/mol. The molecule has 0 saturated carbocycles. The van der Waals surface area contributed by atoms with Crippen LogP contribution in [0.2, 0.25) is 5.02 Å². The molecule has 1 heterocycles. The lowest BCUT2D eigenvalue weighted by Crippen LogP contribution is -2.32. The highest BCUT2D eigenvalue weighted by atomic mass is 35.5. The number of amides is 2. The first-order chi connectivity index (χ1) is 17.8. The van der Waals surface area contributed by atoms with Gasteiger partial charge in [-0.25, -0.2) is 0 Å². The average molecular weight is 560 g/mol. The van der Waals surface area contributed by atoms with Crippen molar-refractivity contribution in [2.45, 2.75) is 11.8 Å². The lowest BCUT2D eigenvalue weighted by molar-refractivity contribution is -0.123. The van der Waals surface area contributed by atoms with Crippen LogP contribution >= 0.6 is 23.4 Å². The lowest BCUT2D eigenvalue weighted by atomic mass is 10.2. The van der Waals surface area contributed by atoms with Crippen molar-refractivity contribution in [1.82, 2.24) is 4.90 Å². The topological polar surface area (TPSA) is 99.2 Å². The van der Waals surface area contributed by atoms with Crippen LogP contribution in [0.15, 0.2) is 82.6 Å². The van der Waals surface area contributed by atoms with E-state index in [1.165, 1.54) is 24.3 Å². The molecule has 1 aliphatic heterocycles. The number of hydrogen-bond acceptors (Lipinski definition) is 8. The minimum Gasteiger partial charge on any atom is -0.490 e. The zero-order valence-electron chi connectivity index (χ0n) is 19.6. The summed E-state index contributed by atoms with van der Waals surface area (Å²) in [6, 6.07) is 19.2. The van der Waals surface area contributed by atoms with Gasteiger partial charge in [-0.1, -0.05) is 48.0 Å². The van der Waals surface area contributed by atoms with E-state index in [2.05, 4.69) is 0 Å². The second-order valence-corrected chi connectivity index (χ2v) is 10.5. The molecule has 0 aromatic heterocycles. The number of hydrogen-bond donors (Lipinski definition) is 0. The first-order valence-electron chi connectivity index (χ1n) is 11.2. The molecular formula is C26H22ClNO7S2. The Kier molecular flexibility index (Phi) is 8.42. The van der Waals surface area contributed by atoms with Crippen molar-refractivity contribution in [3.8, 4) is 17.2 Å². The number of rotatable bonds is 10. The summed E-state index contributed by atoms with van der Waals surface area (Å²) < 4.78 is 41.8. The minimum atomic E-state index is -4.07. The Morgan fingerprint density at radius 3 is 2.38 bits per heavy atom. The summed E-state index contributed by atoms with van der Waals surface area (Å²) in [6.07, 6.45) is 1.54. The number of thioether (sulfide) groups is 1. The molecule has 0 atom stereocenters.